The summed E-state index contributed by atoms with van der Waals surface area (Å²) in [5, 5.41) is 8.63. The number of hydrogen-bond donors (Lipinski definition) is 0. The van der Waals surface area contributed by atoms with E-state index in [0.29, 0.717) is 5.92 Å². The van der Waals surface area contributed by atoms with Gasteiger partial charge in [-0.3, -0.25) is 0 Å². The Bertz CT molecular complexity index is 421. The molecule has 18 heavy (non-hydrogen) atoms. The molecule has 0 saturated heterocycles. The van der Waals surface area contributed by atoms with Crippen LogP contribution in [0.1, 0.15) is 75.6 Å². The molecule has 1 aromatic rings. The second-order valence-corrected chi connectivity index (χ2v) is 6.64. The zero-order chi connectivity index (χ0) is 11.9. The van der Waals surface area contributed by atoms with Gasteiger partial charge in [-0.1, -0.05) is 25.7 Å². The van der Waals surface area contributed by atoms with E-state index in [9.17, 15) is 0 Å². The van der Waals surface area contributed by atoms with Gasteiger partial charge in [0.1, 0.15) is 12.2 Å². The Morgan fingerprint density at radius 1 is 0.944 bits per heavy atom. The molecule has 0 aromatic carbocycles. The molecule has 3 atom stereocenters. The Balaban J connectivity index is 1.52. The first kappa shape index (κ1) is 11.0. The van der Waals surface area contributed by atoms with Crippen LogP contribution in [0.5, 0.6) is 0 Å². The Labute approximate surface area is 109 Å². The maximum absolute atomic E-state index is 4.45. The smallest absolute Gasteiger partial charge is 0.136 e. The first-order chi connectivity index (χ1) is 8.92. The molecule has 3 saturated carbocycles. The average molecular weight is 245 g/mol. The summed E-state index contributed by atoms with van der Waals surface area (Å²) >= 11 is 0. The first-order valence-electron chi connectivity index (χ1n) is 7.81. The van der Waals surface area contributed by atoms with Crippen LogP contribution in [-0.2, 0) is 0 Å². The fourth-order valence-corrected chi connectivity index (χ4v) is 4.29. The van der Waals surface area contributed by atoms with E-state index in [1.165, 1.54) is 63.6 Å². The summed E-state index contributed by atoms with van der Waals surface area (Å²) in [7, 11) is 0. The highest BCUT2D eigenvalue weighted by Gasteiger charge is 2.36. The van der Waals surface area contributed by atoms with Crippen molar-refractivity contribution in [2.45, 2.75) is 69.7 Å². The Morgan fingerprint density at radius 2 is 1.78 bits per heavy atom. The molecular formula is C15H23N3. The third-order valence-electron chi connectivity index (χ3n) is 5.45. The largest absolute Gasteiger partial charge is 0.314 e. The molecule has 3 aliphatic rings. The van der Waals surface area contributed by atoms with Crippen molar-refractivity contribution in [3.63, 3.8) is 0 Å². The molecule has 0 radical (unpaired) electrons. The quantitative estimate of drug-likeness (QED) is 0.795. The highest BCUT2D eigenvalue weighted by Crippen LogP contribution is 2.47. The lowest BCUT2D eigenvalue weighted by Crippen LogP contribution is -2.28. The molecule has 0 N–H and O–H groups in total. The minimum Gasteiger partial charge on any atom is -0.314 e. The Kier molecular flexibility index (Phi) is 2.66. The topological polar surface area (TPSA) is 30.7 Å². The van der Waals surface area contributed by atoms with E-state index >= 15 is 0 Å². The van der Waals surface area contributed by atoms with Gasteiger partial charge in [-0.15, -0.1) is 10.2 Å². The number of fused-ring (bicyclic) bond motifs is 1. The van der Waals surface area contributed by atoms with Crippen LogP contribution in [0.2, 0.25) is 0 Å². The summed E-state index contributed by atoms with van der Waals surface area (Å²) < 4.78 is 2.38. The maximum Gasteiger partial charge on any atom is 0.136 e. The van der Waals surface area contributed by atoms with Crippen LogP contribution in [0.3, 0.4) is 0 Å². The fourth-order valence-electron chi connectivity index (χ4n) is 4.29. The molecule has 4 rings (SSSR count). The van der Waals surface area contributed by atoms with E-state index < -0.39 is 0 Å². The lowest BCUT2D eigenvalue weighted by molar-refractivity contribution is 0.151. The van der Waals surface area contributed by atoms with Gasteiger partial charge in [-0.25, -0.2) is 0 Å². The SMILES string of the molecule is c1nnc(C2CCC3CCCCC3C2)n1C1CC1. The predicted molar refractivity (Wildman–Crippen MR) is 70.3 cm³/mol. The van der Waals surface area contributed by atoms with Gasteiger partial charge in [0.2, 0.25) is 0 Å². The van der Waals surface area contributed by atoms with Gasteiger partial charge < -0.3 is 4.57 Å². The second kappa shape index (κ2) is 4.36. The second-order valence-electron chi connectivity index (χ2n) is 6.64. The molecule has 3 heteroatoms. The molecule has 3 nitrogen and oxygen atoms in total. The normalized spacial score (nSPS) is 36.3. The van der Waals surface area contributed by atoms with Crippen LogP contribution in [0.15, 0.2) is 6.33 Å². The average Bonchev–Trinajstić information content (AvgIpc) is 3.16. The van der Waals surface area contributed by atoms with E-state index in [1.54, 1.807) is 0 Å². The number of nitrogens with zero attached hydrogens (tertiary/aromatic N) is 3. The monoisotopic (exact) mass is 245 g/mol. The van der Waals surface area contributed by atoms with Gasteiger partial charge in [0.05, 0.1) is 0 Å². The standard InChI is InChI=1S/C15H23N3/c1-2-4-12-9-13(6-5-11(12)3-1)15-17-16-10-18(15)14-7-8-14/h10-14H,1-9H2. The zero-order valence-electron chi connectivity index (χ0n) is 11.1. The molecular weight excluding hydrogens is 222 g/mol. The summed E-state index contributed by atoms with van der Waals surface area (Å²) in [5.74, 6) is 4.03. The third kappa shape index (κ3) is 1.88. The van der Waals surface area contributed by atoms with Crippen molar-refractivity contribution in [2.24, 2.45) is 11.8 Å². The zero-order valence-corrected chi connectivity index (χ0v) is 11.1. The van der Waals surface area contributed by atoms with Crippen molar-refractivity contribution in [1.29, 1.82) is 0 Å². The first-order valence-corrected chi connectivity index (χ1v) is 7.81. The van der Waals surface area contributed by atoms with E-state index in [1.807, 2.05) is 6.33 Å². The van der Waals surface area contributed by atoms with Crippen molar-refractivity contribution in [3.05, 3.63) is 12.2 Å². The molecule has 3 unspecified atom stereocenters. The lowest BCUT2D eigenvalue weighted by atomic mass is 9.67. The maximum atomic E-state index is 4.45. The van der Waals surface area contributed by atoms with Crippen molar-refractivity contribution in [2.75, 3.05) is 0 Å². The van der Waals surface area contributed by atoms with Crippen LogP contribution < -0.4 is 0 Å². The summed E-state index contributed by atoms with van der Waals surface area (Å²) in [4.78, 5) is 0. The number of hydrogen-bond acceptors (Lipinski definition) is 2. The fraction of sp³-hybridized carbons (Fsp3) is 0.867. The van der Waals surface area contributed by atoms with Crippen LogP contribution in [-0.4, -0.2) is 14.8 Å². The van der Waals surface area contributed by atoms with Gasteiger partial charge in [0, 0.05) is 12.0 Å². The molecule has 0 aliphatic heterocycles. The van der Waals surface area contributed by atoms with Gasteiger partial charge in [-0.2, -0.15) is 0 Å². The molecule has 1 aromatic heterocycles. The van der Waals surface area contributed by atoms with E-state index in [-0.39, 0.29) is 0 Å². The third-order valence-corrected chi connectivity index (χ3v) is 5.45. The van der Waals surface area contributed by atoms with Gasteiger partial charge >= 0.3 is 0 Å². The highest BCUT2D eigenvalue weighted by atomic mass is 15.3. The summed E-state index contributed by atoms with van der Waals surface area (Å²) in [6.45, 7) is 0. The molecule has 0 amide bonds. The van der Waals surface area contributed by atoms with Crippen molar-refractivity contribution < 1.29 is 0 Å². The van der Waals surface area contributed by atoms with Gasteiger partial charge in [0.15, 0.2) is 0 Å². The van der Waals surface area contributed by atoms with Crippen molar-refractivity contribution >= 4 is 0 Å². The van der Waals surface area contributed by atoms with Gasteiger partial charge in [0.25, 0.3) is 0 Å². The number of aromatic nitrogens is 3. The van der Waals surface area contributed by atoms with Crippen LogP contribution in [0.25, 0.3) is 0 Å². The lowest BCUT2D eigenvalue weighted by Gasteiger charge is -2.39. The molecule has 3 fully saturated rings. The molecule has 1 heterocycles. The van der Waals surface area contributed by atoms with E-state index in [2.05, 4.69) is 14.8 Å². The summed E-state index contributed by atoms with van der Waals surface area (Å²) in [6.07, 6.45) is 14.7. The van der Waals surface area contributed by atoms with Crippen LogP contribution >= 0.6 is 0 Å². The Hall–Kier alpha value is -0.860. The Morgan fingerprint density at radius 3 is 2.61 bits per heavy atom. The van der Waals surface area contributed by atoms with E-state index in [4.69, 9.17) is 0 Å². The van der Waals surface area contributed by atoms with Crippen molar-refractivity contribution in [1.82, 2.24) is 14.8 Å². The van der Waals surface area contributed by atoms with Crippen LogP contribution in [0.4, 0.5) is 0 Å². The van der Waals surface area contributed by atoms with Crippen LogP contribution in [0, 0.1) is 11.8 Å². The predicted octanol–water partition coefficient (Wildman–Crippen LogP) is 3.69. The molecule has 3 aliphatic carbocycles. The highest BCUT2D eigenvalue weighted by molar-refractivity contribution is 5.04. The molecule has 98 valence electrons. The van der Waals surface area contributed by atoms with Gasteiger partial charge in [-0.05, 0) is 43.9 Å². The number of rotatable bonds is 2. The molecule has 0 bridgehead atoms. The summed E-state index contributed by atoms with van der Waals surface area (Å²) in [5.41, 5.74) is 0. The minimum absolute atomic E-state index is 0.701. The van der Waals surface area contributed by atoms with Crippen molar-refractivity contribution in [3.8, 4) is 0 Å². The molecule has 0 spiro atoms. The van der Waals surface area contributed by atoms with E-state index in [0.717, 1.165) is 17.9 Å². The summed E-state index contributed by atoms with van der Waals surface area (Å²) in [6, 6.07) is 0.735. The minimum atomic E-state index is 0.701.